The van der Waals surface area contributed by atoms with Crippen molar-refractivity contribution < 1.29 is 4.79 Å². The summed E-state index contributed by atoms with van der Waals surface area (Å²) in [5, 5.41) is 3.54. The summed E-state index contributed by atoms with van der Waals surface area (Å²) < 4.78 is 0. The highest BCUT2D eigenvalue weighted by molar-refractivity contribution is 6.43. The molecule has 0 spiro atoms. The predicted molar refractivity (Wildman–Crippen MR) is 68.3 cm³/mol. The number of hydrogen-bond donors (Lipinski definition) is 1. The van der Waals surface area contributed by atoms with Crippen LogP contribution in [0.3, 0.4) is 0 Å². The summed E-state index contributed by atoms with van der Waals surface area (Å²) in [6.45, 7) is 2.80. The van der Waals surface area contributed by atoms with E-state index in [4.69, 9.17) is 23.2 Å². The Bertz CT molecular complexity index is 366. The van der Waals surface area contributed by atoms with E-state index in [0.717, 1.165) is 19.3 Å². The van der Waals surface area contributed by atoms with Gasteiger partial charge < -0.3 is 5.32 Å². The van der Waals surface area contributed by atoms with E-state index < -0.39 is 0 Å². The van der Waals surface area contributed by atoms with Gasteiger partial charge in [0.2, 0.25) is 0 Å². The number of nitrogens with one attached hydrogen (secondary N) is 1. The van der Waals surface area contributed by atoms with Gasteiger partial charge >= 0.3 is 0 Å². The number of halogens is 2. The third-order valence-electron chi connectivity index (χ3n) is 2.26. The minimum absolute atomic E-state index is 0.163. The molecule has 16 heavy (non-hydrogen) atoms. The lowest BCUT2D eigenvalue weighted by Crippen LogP contribution is -2.24. The lowest BCUT2D eigenvalue weighted by molar-refractivity contribution is 0.0953. The topological polar surface area (TPSA) is 29.1 Å². The number of hydrogen-bond acceptors (Lipinski definition) is 1. The molecule has 4 heteroatoms. The van der Waals surface area contributed by atoms with Crippen LogP contribution >= 0.6 is 23.2 Å². The average Bonchev–Trinajstić information content (AvgIpc) is 2.28. The van der Waals surface area contributed by atoms with E-state index in [9.17, 15) is 4.79 Å². The Morgan fingerprint density at radius 3 is 2.75 bits per heavy atom. The van der Waals surface area contributed by atoms with E-state index in [1.54, 1.807) is 18.2 Å². The number of amides is 1. The molecule has 1 aromatic rings. The molecule has 1 aromatic carbocycles. The van der Waals surface area contributed by atoms with Gasteiger partial charge in [-0.3, -0.25) is 4.79 Å². The van der Waals surface area contributed by atoms with Gasteiger partial charge in [0.1, 0.15) is 0 Å². The van der Waals surface area contributed by atoms with Gasteiger partial charge in [-0.2, -0.15) is 0 Å². The molecule has 0 fully saturated rings. The summed E-state index contributed by atoms with van der Waals surface area (Å²) >= 11 is 11.8. The summed E-state index contributed by atoms with van der Waals surface area (Å²) in [4.78, 5) is 11.7. The van der Waals surface area contributed by atoms with E-state index >= 15 is 0 Å². The summed E-state index contributed by atoms with van der Waals surface area (Å²) in [6, 6.07) is 5.05. The second-order valence-electron chi connectivity index (χ2n) is 3.56. The SMILES string of the molecule is CCCCCNC(=O)c1cccc(Cl)c1Cl. The summed E-state index contributed by atoms with van der Waals surface area (Å²) in [6.07, 6.45) is 3.23. The summed E-state index contributed by atoms with van der Waals surface area (Å²) in [7, 11) is 0. The molecule has 0 saturated carbocycles. The number of carbonyl (C=O) groups is 1. The largest absolute Gasteiger partial charge is 0.352 e. The molecule has 0 aliphatic carbocycles. The first-order valence-corrected chi connectivity index (χ1v) is 6.14. The van der Waals surface area contributed by atoms with E-state index in [1.165, 1.54) is 0 Å². The predicted octanol–water partition coefficient (Wildman–Crippen LogP) is 3.91. The Labute approximate surface area is 106 Å². The fraction of sp³-hybridized carbons (Fsp3) is 0.417. The zero-order chi connectivity index (χ0) is 12.0. The molecule has 0 atom stereocenters. The van der Waals surface area contributed by atoms with Gasteiger partial charge in [-0.05, 0) is 18.6 Å². The molecule has 1 N–H and O–H groups in total. The molecule has 0 saturated heterocycles. The fourth-order valence-electron chi connectivity index (χ4n) is 1.35. The first-order chi connectivity index (χ1) is 7.66. The van der Waals surface area contributed by atoms with Crippen molar-refractivity contribution in [3.8, 4) is 0 Å². The van der Waals surface area contributed by atoms with Crippen LogP contribution in [0, 0.1) is 0 Å². The van der Waals surface area contributed by atoms with E-state index in [2.05, 4.69) is 12.2 Å². The summed E-state index contributed by atoms with van der Waals surface area (Å²) in [5.41, 5.74) is 0.436. The van der Waals surface area contributed by atoms with Crippen LogP contribution in [0.2, 0.25) is 10.0 Å². The Kier molecular flexibility index (Phi) is 5.64. The van der Waals surface area contributed by atoms with Crippen molar-refractivity contribution >= 4 is 29.1 Å². The molecule has 0 bridgehead atoms. The first kappa shape index (κ1) is 13.3. The minimum Gasteiger partial charge on any atom is -0.352 e. The minimum atomic E-state index is -0.163. The monoisotopic (exact) mass is 259 g/mol. The average molecular weight is 260 g/mol. The highest BCUT2D eigenvalue weighted by atomic mass is 35.5. The van der Waals surface area contributed by atoms with Crippen molar-refractivity contribution in [2.45, 2.75) is 26.2 Å². The third-order valence-corrected chi connectivity index (χ3v) is 3.08. The molecule has 0 unspecified atom stereocenters. The summed E-state index contributed by atoms with van der Waals surface area (Å²) in [5.74, 6) is -0.163. The van der Waals surface area contributed by atoms with Crippen LogP contribution in [-0.4, -0.2) is 12.5 Å². The van der Waals surface area contributed by atoms with Crippen molar-refractivity contribution in [3.63, 3.8) is 0 Å². The van der Waals surface area contributed by atoms with Crippen LogP contribution in [0.4, 0.5) is 0 Å². The quantitative estimate of drug-likeness (QED) is 0.799. The third kappa shape index (κ3) is 3.69. The zero-order valence-corrected chi connectivity index (χ0v) is 10.7. The molecule has 0 aromatic heterocycles. The fourth-order valence-corrected chi connectivity index (χ4v) is 1.74. The van der Waals surface area contributed by atoms with Crippen LogP contribution in [-0.2, 0) is 0 Å². The van der Waals surface area contributed by atoms with Gasteiger partial charge in [0.25, 0.3) is 5.91 Å². The van der Waals surface area contributed by atoms with Crippen LogP contribution in [0.25, 0.3) is 0 Å². The molecule has 0 aliphatic heterocycles. The maximum Gasteiger partial charge on any atom is 0.252 e. The van der Waals surface area contributed by atoms with Crippen molar-refractivity contribution in [2.75, 3.05) is 6.54 Å². The maximum atomic E-state index is 11.7. The van der Waals surface area contributed by atoms with Crippen molar-refractivity contribution in [2.24, 2.45) is 0 Å². The van der Waals surface area contributed by atoms with Crippen molar-refractivity contribution in [3.05, 3.63) is 33.8 Å². The Morgan fingerprint density at radius 1 is 1.31 bits per heavy atom. The van der Waals surface area contributed by atoms with E-state index in [0.29, 0.717) is 22.2 Å². The van der Waals surface area contributed by atoms with Gasteiger partial charge in [0, 0.05) is 6.54 Å². The van der Waals surface area contributed by atoms with Crippen molar-refractivity contribution in [1.29, 1.82) is 0 Å². The number of unbranched alkanes of at least 4 members (excludes halogenated alkanes) is 2. The lowest BCUT2D eigenvalue weighted by atomic mass is 10.2. The normalized spacial score (nSPS) is 10.2. The maximum absolute atomic E-state index is 11.7. The van der Waals surface area contributed by atoms with E-state index in [1.807, 2.05) is 0 Å². The Balaban J connectivity index is 2.56. The van der Waals surface area contributed by atoms with Gasteiger partial charge in [-0.15, -0.1) is 0 Å². The molecular weight excluding hydrogens is 245 g/mol. The van der Waals surface area contributed by atoms with Crippen LogP contribution in [0.15, 0.2) is 18.2 Å². The van der Waals surface area contributed by atoms with Gasteiger partial charge in [0.15, 0.2) is 0 Å². The van der Waals surface area contributed by atoms with Gasteiger partial charge in [-0.25, -0.2) is 0 Å². The zero-order valence-electron chi connectivity index (χ0n) is 9.22. The molecule has 0 heterocycles. The molecule has 1 rings (SSSR count). The van der Waals surface area contributed by atoms with Crippen LogP contribution < -0.4 is 5.32 Å². The molecule has 0 aliphatic rings. The van der Waals surface area contributed by atoms with Gasteiger partial charge in [-0.1, -0.05) is 49.0 Å². The van der Waals surface area contributed by atoms with Crippen LogP contribution in [0.1, 0.15) is 36.5 Å². The molecule has 1 amide bonds. The number of carbonyl (C=O) groups excluding carboxylic acids is 1. The standard InChI is InChI=1S/C12H15Cl2NO/c1-2-3-4-8-15-12(16)9-6-5-7-10(13)11(9)14/h5-7H,2-4,8H2,1H3,(H,15,16). The Hall–Kier alpha value is -0.730. The van der Waals surface area contributed by atoms with Gasteiger partial charge in [0.05, 0.1) is 15.6 Å². The highest BCUT2D eigenvalue weighted by Crippen LogP contribution is 2.25. The van der Waals surface area contributed by atoms with Crippen LogP contribution in [0.5, 0.6) is 0 Å². The van der Waals surface area contributed by atoms with E-state index in [-0.39, 0.29) is 5.91 Å². The highest BCUT2D eigenvalue weighted by Gasteiger charge is 2.11. The number of benzene rings is 1. The first-order valence-electron chi connectivity index (χ1n) is 5.39. The molecule has 2 nitrogen and oxygen atoms in total. The second kappa shape index (κ2) is 6.77. The molecule has 0 radical (unpaired) electrons. The van der Waals surface area contributed by atoms with Crippen molar-refractivity contribution in [1.82, 2.24) is 5.32 Å². The lowest BCUT2D eigenvalue weighted by Gasteiger charge is -2.07. The smallest absolute Gasteiger partial charge is 0.252 e. The molecular formula is C12H15Cl2NO. The number of rotatable bonds is 5. The molecule has 88 valence electrons. The Morgan fingerprint density at radius 2 is 2.06 bits per heavy atom. The second-order valence-corrected chi connectivity index (χ2v) is 4.35.